The standard InChI is InChI=1S/C17H29NO2S/c1-14(2)12-18-13-16(9-10-21(4,19)20)11-17-8-6-5-7-15(17)3/h5-8,14,16,18H,9-13H2,1-4H3. The van der Waals surface area contributed by atoms with Gasteiger partial charge in [0.15, 0.2) is 0 Å². The molecule has 120 valence electrons. The summed E-state index contributed by atoms with van der Waals surface area (Å²) in [5.41, 5.74) is 2.60. The third-order valence-electron chi connectivity index (χ3n) is 3.65. The van der Waals surface area contributed by atoms with Gasteiger partial charge >= 0.3 is 0 Å². The van der Waals surface area contributed by atoms with Gasteiger partial charge in [0, 0.05) is 6.26 Å². The van der Waals surface area contributed by atoms with Gasteiger partial charge in [-0.3, -0.25) is 0 Å². The molecule has 1 N–H and O–H groups in total. The monoisotopic (exact) mass is 311 g/mol. The number of aryl methyl sites for hydroxylation is 1. The van der Waals surface area contributed by atoms with E-state index < -0.39 is 9.84 Å². The van der Waals surface area contributed by atoms with Crippen molar-refractivity contribution in [3.63, 3.8) is 0 Å². The molecule has 4 heteroatoms. The van der Waals surface area contributed by atoms with E-state index in [9.17, 15) is 8.42 Å². The fourth-order valence-electron chi connectivity index (χ4n) is 2.38. The van der Waals surface area contributed by atoms with E-state index >= 15 is 0 Å². The summed E-state index contributed by atoms with van der Waals surface area (Å²) in [5, 5.41) is 3.47. The third kappa shape index (κ3) is 8.22. The summed E-state index contributed by atoms with van der Waals surface area (Å²) >= 11 is 0. The van der Waals surface area contributed by atoms with E-state index in [1.54, 1.807) is 0 Å². The predicted molar refractivity (Wildman–Crippen MR) is 90.4 cm³/mol. The van der Waals surface area contributed by atoms with E-state index in [0.29, 0.717) is 11.8 Å². The number of sulfone groups is 1. The van der Waals surface area contributed by atoms with Gasteiger partial charge < -0.3 is 5.32 Å². The molecule has 0 heterocycles. The average molecular weight is 311 g/mol. The molecule has 0 amide bonds. The first kappa shape index (κ1) is 18.2. The highest BCUT2D eigenvalue weighted by Crippen LogP contribution is 2.16. The van der Waals surface area contributed by atoms with Crippen LogP contribution in [0, 0.1) is 18.8 Å². The highest BCUT2D eigenvalue weighted by Gasteiger charge is 2.14. The first-order valence-corrected chi connectivity index (χ1v) is 9.77. The molecule has 0 saturated heterocycles. The maximum atomic E-state index is 11.4. The molecule has 0 spiro atoms. The highest BCUT2D eigenvalue weighted by molar-refractivity contribution is 7.90. The summed E-state index contributed by atoms with van der Waals surface area (Å²) in [5.74, 6) is 1.24. The maximum Gasteiger partial charge on any atom is 0.147 e. The fraction of sp³-hybridized carbons (Fsp3) is 0.647. The zero-order valence-corrected chi connectivity index (χ0v) is 14.5. The number of benzene rings is 1. The van der Waals surface area contributed by atoms with E-state index in [2.05, 4.69) is 44.3 Å². The summed E-state index contributed by atoms with van der Waals surface area (Å²) in [6.07, 6.45) is 2.98. The number of hydrogen-bond donors (Lipinski definition) is 1. The van der Waals surface area contributed by atoms with Crippen molar-refractivity contribution in [1.29, 1.82) is 0 Å². The SMILES string of the molecule is Cc1ccccc1CC(CCS(C)(=O)=O)CNCC(C)C. The van der Waals surface area contributed by atoms with Crippen LogP contribution in [0.15, 0.2) is 24.3 Å². The molecule has 1 aromatic rings. The summed E-state index contributed by atoms with van der Waals surface area (Å²) < 4.78 is 22.8. The van der Waals surface area contributed by atoms with Crippen LogP contribution in [0.4, 0.5) is 0 Å². The lowest BCUT2D eigenvalue weighted by atomic mass is 9.94. The Morgan fingerprint density at radius 1 is 1.14 bits per heavy atom. The normalized spacial score (nSPS) is 13.6. The smallest absolute Gasteiger partial charge is 0.147 e. The second kappa shape index (κ2) is 8.54. The van der Waals surface area contributed by atoms with Gasteiger partial charge in [0.2, 0.25) is 0 Å². The van der Waals surface area contributed by atoms with Crippen LogP contribution in [0.3, 0.4) is 0 Å². The molecular weight excluding hydrogens is 282 g/mol. The van der Waals surface area contributed by atoms with Crippen molar-refractivity contribution in [2.75, 3.05) is 25.1 Å². The van der Waals surface area contributed by atoms with Crippen molar-refractivity contribution in [3.8, 4) is 0 Å². The molecule has 0 bridgehead atoms. The maximum absolute atomic E-state index is 11.4. The quantitative estimate of drug-likeness (QED) is 0.763. The minimum absolute atomic E-state index is 0.271. The van der Waals surface area contributed by atoms with Gasteiger partial charge in [0.1, 0.15) is 9.84 Å². The van der Waals surface area contributed by atoms with Crippen LogP contribution in [0.5, 0.6) is 0 Å². The van der Waals surface area contributed by atoms with Crippen molar-refractivity contribution >= 4 is 9.84 Å². The first-order chi connectivity index (χ1) is 9.78. The molecule has 1 unspecified atom stereocenters. The second-order valence-electron chi connectivity index (χ2n) is 6.47. The molecule has 0 aliphatic heterocycles. The average Bonchev–Trinajstić information content (AvgIpc) is 2.37. The molecule has 0 aliphatic rings. The van der Waals surface area contributed by atoms with Crippen LogP contribution in [-0.4, -0.2) is 33.5 Å². The van der Waals surface area contributed by atoms with Gasteiger partial charge in [-0.05, 0) is 55.8 Å². The zero-order chi connectivity index (χ0) is 15.9. The Morgan fingerprint density at radius 3 is 2.38 bits per heavy atom. The Labute approximate surface area is 130 Å². The number of rotatable bonds is 9. The van der Waals surface area contributed by atoms with Crippen LogP contribution in [0.25, 0.3) is 0 Å². The highest BCUT2D eigenvalue weighted by atomic mass is 32.2. The third-order valence-corrected chi connectivity index (χ3v) is 4.63. The topological polar surface area (TPSA) is 46.2 Å². The Bertz CT molecular complexity index is 523. The van der Waals surface area contributed by atoms with E-state index in [0.717, 1.165) is 25.9 Å². The molecule has 0 aliphatic carbocycles. The molecule has 1 rings (SSSR count). The van der Waals surface area contributed by atoms with Gasteiger partial charge in [-0.15, -0.1) is 0 Å². The Kier molecular flexibility index (Phi) is 7.40. The number of hydrogen-bond acceptors (Lipinski definition) is 3. The van der Waals surface area contributed by atoms with E-state index in [4.69, 9.17) is 0 Å². The summed E-state index contributed by atoms with van der Waals surface area (Å²) in [6, 6.07) is 8.36. The van der Waals surface area contributed by atoms with E-state index in [-0.39, 0.29) is 5.75 Å². The molecule has 21 heavy (non-hydrogen) atoms. The molecule has 0 saturated carbocycles. The van der Waals surface area contributed by atoms with Gasteiger partial charge in [-0.25, -0.2) is 8.42 Å². The Hall–Kier alpha value is -0.870. The fourth-order valence-corrected chi connectivity index (χ4v) is 3.14. The van der Waals surface area contributed by atoms with Gasteiger partial charge in [0.25, 0.3) is 0 Å². The van der Waals surface area contributed by atoms with Crippen LogP contribution in [0.1, 0.15) is 31.4 Å². The van der Waals surface area contributed by atoms with Crippen molar-refractivity contribution in [3.05, 3.63) is 35.4 Å². The summed E-state index contributed by atoms with van der Waals surface area (Å²) in [7, 11) is -2.89. The molecule has 0 fully saturated rings. The largest absolute Gasteiger partial charge is 0.316 e. The molecular formula is C17H29NO2S. The molecule has 0 radical (unpaired) electrons. The van der Waals surface area contributed by atoms with Crippen molar-refractivity contribution in [2.24, 2.45) is 11.8 Å². The van der Waals surface area contributed by atoms with Gasteiger partial charge in [-0.2, -0.15) is 0 Å². The minimum atomic E-state index is -2.89. The zero-order valence-electron chi connectivity index (χ0n) is 13.7. The summed E-state index contributed by atoms with van der Waals surface area (Å²) in [6.45, 7) is 8.33. The van der Waals surface area contributed by atoms with E-state index in [1.165, 1.54) is 17.4 Å². The Balaban J connectivity index is 2.64. The van der Waals surface area contributed by atoms with Crippen LogP contribution >= 0.6 is 0 Å². The first-order valence-electron chi connectivity index (χ1n) is 7.71. The Morgan fingerprint density at radius 2 is 1.81 bits per heavy atom. The van der Waals surface area contributed by atoms with Crippen LogP contribution < -0.4 is 5.32 Å². The lowest BCUT2D eigenvalue weighted by molar-refractivity contribution is 0.436. The lowest BCUT2D eigenvalue weighted by Gasteiger charge is -2.19. The molecule has 0 aromatic heterocycles. The summed E-state index contributed by atoms with van der Waals surface area (Å²) in [4.78, 5) is 0. The van der Waals surface area contributed by atoms with Crippen LogP contribution in [-0.2, 0) is 16.3 Å². The lowest BCUT2D eigenvalue weighted by Crippen LogP contribution is -2.29. The van der Waals surface area contributed by atoms with Crippen molar-refractivity contribution in [1.82, 2.24) is 5.32 Å². The predicted octanol–water partition coefficient (Wildman–Crippen LogP) is 2.83. The molecule has 1 aromatic carbocycles. The van der Waals surface area contributed by atoms with Crippen molar-refractivity contribution < 1.29 is 8.42 Å². The van der Waals surface area contributed by atoms with E-state index in [1.807, 2.05) is 6.07 Å². The van der Waals surface area contributed by atoms with Crippen LogP contribution in [0.2, 0.25) is 0 Å². The van der Waals surface area contributed by atoms with Gasteiger partial charge in [0.05, 0.1) is 5.75 Å². The second-order valence-corrected chi connectivity index (χ2v) is 8.73. The van der Waals surface area contributed by atoms with Gasteiger partial charge in [-0.1, -0.05) is 38.1 Å². The molecule has 1 atom stereocenters. The molecule has 3 nitrogen and oxygen atoms in total. The number of nitrogens with one attached hydrogen (secondary N) is 1. The van der Waals surface area contributed by atoms with Crippen molar-refractivity contribution in [2.45, 2.75) is 33.6 Å². The minimum Gasteiger partial charge on any atom is -0.316 e.